The van der Waals surface area contributed by atoms with Crippen LogP contribution in [0.2, 0.25) is 0 Å². The largest absolute Gasteiger partial charge is 0.495 e. The fourth-order valence-electron chi connectivity index (χ4n) is 2.76. The van der Waals surface area contributed by atoms with Crippen LogP contribution in [-0.4, -0.2) is 29.3 Å². The first-order valence-electron chi connectivity index (χ1n) is 7.53. The van der Waals surface area contributed by atoms with Crippen LogP contribution in [-0.2, 0) is 15.9 Å². The molecule has 0 radical (unpaired) electrons. The lowest BCUT2D eigenvalue weighted by molar-refractivity contribution is 0.00578. The van der Waals surface area contributed by atoms with Gasteiger partial charge in [-0.2, -0.15) is 0 Å². The van der Waals surface area contributed by atoms with E-state index < -0.39 is 37.1 Å². The van der Waals surface area contributed by atoms with Crippen molar-refractivity contribution in [3.63, 3.8) is 0 Å². The van der Waals surface area contributed by atoms with Crippen molar-refractivity contribution in [2.45, 2.75) is 51.9 Å². The van der Waals surface area contributed by atoms with Gasteiger partial charge in [0.25, 0.3) is 6.43 Å². The zero-order valence-electron chi connectivity index (χ0n) is 13.6. The summed E-state index contributed by atoms with van der Waals surface area (Å²) >= 11 is 0. The summed E-state index contributed by atoms with van der Waals surface area (Å²) in [6.45, 7) is 7.16. The minimum absolute atomic E-state index is 0.412. The van der Waals surface area contributed by atoms with Crippen molar-refractivity contribution < 1.29 is 22.5 Å². The molecule has 0 spiro atoms. The van der Waals surface area contributed by atoms with Crippen LogP contribution in [0.5, 0.6) is 0 Å². The first kappa shape index (κ1) is 16.4. The van der Waals surface area contributed by atoms with Gasteiger partial charge in [0.1, 0.15) is 5.82 Å². The average molecular weight is 325 g/mol. The zero-order chi connectivity index (χ0) is 17.0. The van der Waals surface area contributed by atoms with Gasteiger partial charge in [-0.25, -0.2) is 13.2 Å². The van der Waals surface area contributed by atoms with Gasteiger partial charge in [-0.3, -0.25) is 0 Å². The Morgan fingerprint density at radius 2 is 1.74 bits per heavy atom. The maximum atomic E-state index is 14.0. The Balaban J connectivity index is 2.07. The SMILES string of the molecule is CC1(C)OB(c2cc(F)cc3c2ccn3CC(F)F)OC1(C)C. The van der Waals surface area contributed by atoms with Crippen molar-refractivity contribution in [3.8, 4) is 0 Å². The summed E-state index contributed by atoms with van der Waals surface area (Å²) in [5, 5.41) is 0.658. The molecule has 2 aromatic rings. The molecule has 0 saturated carbocycles. The Morgan fingerprint density at radius 3 is 2.30 bits per heavy atom. The number of fused-ring (bicyclic) bond motifs is 1. The van der Waals surface area contributed by atoms with Gasteiger partial charge < -0.3 is 13.9 Å². The molecule has 0 bridgehead atoms. The third-order valence-electron chi connectivity index (χ3n) is 4.73. The van der Waals surface area contributed by atoms with Crippen LogP contribution >= 0.6 is 0 Å². The van der Waals surface area contributed by atoms with Gasteiger partial charge in [0.2, 0.25) is 0 Å². The van der Waals surface area contributed by atoms with E-state index in [1.54, 1.807) is 6.07 Å². The number of aromatic nitrogens is 1. The standard InChI is InChI=1S/C16H19BF3NO2/c1-15(2)16(3,4)23-17(22-15)12-7-10(18)8-13-11(12)5-6-21(13)9-14(19)20/h5-8,14H,9H2,1-4H3. The van der Waals surface area contributed by atoms with Crippen LogP contribution in [0.1, 0.15) is 27.7 Å². The highest BCUT2D eigenvalue weighted by Gasteiger charge is 2.52. The molecule has 2 heterocycles. The second kappa shape index (κ2) is 5.28. The molecule has 0 atom stereocenters. The van der Waals surface area contributed by atoms with Gasteiger partial charge in [0.15, 0.2) is 0 Å². The topological polar surface area (TPSA) is 23.4 Å². The van der Waals surface area contributed by atoms with Crippen LogP contribution in [0.15, 0.2) is 24.4 Å². The maximum Gasteiger partial charge on any atom is 0.495 e. The molecule has 23 heavy (non-hydrogen) atoms. The Hall–Kier alpha value is -1.47. The smallest absolute Gasteiger partial charge is 0.399 e. The fourth-order valence-corrected chi connectivity index (χ4v) is 2.76. The lowest BCUT2D eigenvalue weighted by Gasteiger charge is -2.32. The average Bonchev–Trinajstić information content (AvgIpc) is 2.87. The number of rotatable bonds is 3. The van der Waals surface area contributed by atoms with Crippen molar-refractivity contribution >= 4 is 23.5 Å². The van der Waals surface area contributed by atoms with Crippen molar-refractivity contribution in [1.82, 2.24) is 4.57 Å². The Morgan fingerprint density at radius 1 is 1.13 bits per heavy atom. The van der Waals surface area contributed by atoms with Crippen LogP contribution in [0.4, 0.5) is 13.2 Å². The molecular formula is C16H19BF3NO2. The van der Waals surface area contributed by atoms with E-state index in [1.807, 2.05) is 27.7 Å². The van der Waals surface area contributed by atoms with E-state index in [4.69, 9.17) is 9.31 Å². The molecule has 3 nitrogen and oxygen atoms in total. The second-order valence-corrected chi connectivity index (χ2v) is 6.88. The van der Waals surface area contributed by atoms with E-state index in [0.29, 0.717) is 16.4 Å². The van der Waals surface area contributed by atoms with E-state index in [1.165, 1.54) is 22.9 Å². The molecule has 0 unspecified atom stereocenters. The molecule has 1 aromatic heterocycles. The summed E-state index contributed by atoms with van der Waals surface area (Å²) in [7, 11) is -0.736. The third kappa shape index (κ3) is 2.76. The first-order chi connectivity index (χ1) is 10.6. The molecule has 124 valence electrons. The fraction of sp³-hybridized carbons (Fsp3) is 0.500. The normalized spacial score (nSPS) is 19.9. The molecule has 0 N–H and O–H groups in total. The summed E-state index contributed by atoms with van der Waals surface area (Å²) < 4.78 is 52.6. The van der Waals surface area contributed by atoms with Crippen LogP contribution in [0.25, 0.3) is 10.9 Å². The quantitative estimate of drug-likeness (QED) is 0.808. The second-order valence-electron chi connectivity index (χ2n) is 6.88. The lowest BCUT2D eigenvalue weighted by Crippen LogP contribution is -2.41. The van der Waals surface area contributed by atoms with E-state index in [0.717, 1.165) is 0 Å². The lowest BCUT2D eigenvalue weighted by atomic mass is 9.77. The predicted molar refractivity (Wildman–Crippen MR) is 83.6 cm³/mol. The van der Waals surface area contributed by atoms with Crippen molar-refractivity contribution in [1.29, 1.82) is 0 Å². The molecule has 0 amide bonds. The van der Waals surface area contributed by atoms with Crippen LogP contribution < -0.4 is 5.46 Å². The number of hydrogen-bond acceptors (Lipinski definition) is 2. The molecule has 1 aliphatic heterocycles. The van der Waals surface area contributed by atoms with Crippen molar-refractivity contribution in [3.05, 3.63) is 30.2 Å². The van der Waals surface area contributed by atoms with Crippen LogP contribution in [0, 0.1) is 5.82 Å². The molecule has 1 aromatic carbocycles. The summed E-state index contributed by atoms with van der Waals surface area (Å²) in [5.41, 5.74) is -0.175. The number of alkyl halides is 2. The molecule has 1 fully saturated rings. The molecular weight excluding hydrogens is 306 g/mol. The van der Waals surface area contributed by atoms with Gasteiger partial charge in [0.05, 0.1) is 23.3 Å². The summed E-state index contributed by atoms with van der Waals surface area (Å²) in [5.74, 6) is -0.503. The van der Waals surface area contributed by atoms with E-state index >= 15 is 0 Å². The third-order valence-corrected chi connectivity index (χ3v) is 4.73. The highest BCUT2D eigenvalue weighted by molar-refractivity contribution is 6.65. The van der Waals surface area contributed by atoms with Crippen molar-refractivity contribution in [2.24, 2.45) is 0 Å². The van der Waals surface area contributed by atoms with Crippen molar-refractivity contribution in [2.75, 3.05) is 0 Å². The minimum atomic E-state index is -2.51. The Kier molecular flexibility index (Phi) is 3.76. The van der Waals surface area contributed by atoms with E-state index in [-0.39, 0.29) is 0 Å². The Labute approximate surface area is 133 Å². The molecule has 1 saturated heterocycles. The summed E-state index contributed by atoms with van der Waals surface area (Å²) in [6.07, 6.45) is -0.973. The van der Waals surface area contributed by atoms with Gasteiger partial charge >= 0.3 is 7.12 Å². The molecule has 3 rings (SSSR count). The highest BCUT2D eigenvalue weighted by Crippen LogP contribution is 2.37. The minimum Gasteiger partial charge on any atom is -0.399 e. The van der Waals surface area contributed by atoms with Crippen LogP contribution in [0.3, 0.4) is 0 Å². The first-order valence-corrected chi connectivity index (χ1v) is 7.53. The van der Waals surface area contributed by atoms with Gasteiger partial charge in [-0.1, -0.05) is 0 Å². The number of halogens is 3. The molecule has 0 aliphatic carbocycles. The maximum absolute atomic E-state index is 14.0. The van der Waals surface area contributed by atoms with Gasteiger partial charge in [0, 0.05) is 6.20 Å². The zero-order valence-corrected chi connectivity index (χ0v) is 13.6. The predicted octanol–water partition coefficient (Wildman–Crippen LogP) is 3.34. The summed E-state index contributed by atoms with van der Waals surface area (Å²) in [4.78, 5) is 0. The molecule has 1 aliphatic rings. The highest BCUT2D eigenvalue weighted by atomic mass is 19.3. The number of benzene rings is 1. The van der Waals surface area contributed by atoms with E-state index in [2.05, 4.69) is 0 Å². The monoisotopic (exact) mass is 325 g/mol. The number of nitrogens with zero attached hydrogens (tertiary/aromatic N) is 1. The summed E-state index contributed by atoms with van der Waals surface area (Å²) in [6, 6.07) is 4.29. The van der Waals surface area contributed by atoms with E-state index in [9.17, 15) is 13.2 Å². The molecule has 7 heteroatoms. The Bertz CT molecular complexity index is 726. The van der Waals surface area contributed by atoms with Gasteiger partial charge in [-0.15, -0.1) is 0 Å². The van der Waals surface area contributed by atoms with Gasteiger partial charge in [-0.05, 0) is 56.7 Å². The number of hydrogen-bond donors (Lipinski definition) is 0.